The van der Waals surface area contributed by atoms with E-state index in [-0.39, 0.29) is 0 Å². The third-order valence-electron chi connectivity index (χ3n) is 2.10. The van der Waals surface area contributed by atoms with Gasteiger partial charge in [-0.1, -0.05) is 0 Å². The van der Waals surface area contributed by atoms with Gasteiger partial charge in [-0.15, -0.1) is 22.9 Å². The maximum absolute atomic E-state index is 5.91. The first-order valence-electron chi connectivity index (χ1n) is 4.25. The van der Waals surface area contributed by atoms with Gasteiger partial charge in [-0.2, -0.15) is 10.1 Å². The molecule has 0 radical (unpaired) electrons. The molecular formula is C8H6ClN5S. The van der Waals surface area contributed by atoms with Crippen molar-refractivity contribution < 1.29 is 0 Å². The maximum Gasteiger partial charge on any atom is 0.196 e. The zero-order valence-corrected chi connectivity index (χ0v) is 9.11. The number of nitrogens with zero attached hydrogens (tertiary/aromatic N) is 5. The van der Waals surface area contributed by atoms with Gasteiger partial charge in [-0.3, -0.25) is 4.40 Å². The molecule has 76 valence electrons. The molecule has 5 nitrogen and oxygen atoms in total. The Morgan fingerprint density at radius 1 is 1.47 bits per heavy atom. The van der Waals surface area contributed by atoms with Crippen molar-refractivity contribution in [3.8, 4) is 5.82 Å². The van der Waals surface area contributed by atoms with Gasteiger partial charge in [-0.25, -0.2) is 9.67 Å². The minimum atomic E-state index is 0.396. The molecule has 0 aromatic carbocycles. The van der Waals surface area contributed by atoms with Crippen LogP contribution in [0, 0.1) is 0 Å². The fraction of sp³-hybridized carbons (Fsp3) is 0.125. The van der Waals surface area contributed by atoms with Gasteiger partial charge in [0.05, 0.1) is 11.6 Å². The summed E-state index contributed by atoms with van der Waals surface area (Å²) in [4.78, 5) is 9.25. The molecule has 3 aromatic rings. The predicted octanol–water partition coefficient (Wildman–Crippen LogP) is 1.72. The Bertz CT molecular complexity index is 581. The molecule has 0 amide bonds. The van der Waals surface area contributed by atoms with Crippen LogP contribution in [0.2, 0.25) is 0 Å². The SMILES string of the molecule is ClCc1c(-n2cncn2)nc2sccn12. The first-order valence-corrected chi connectivity index (χ1v) is 5.67. The summed E-state index contributed by atoms with van der Waals surface area (Å²) in [6.07, 6.45) is 5.04. The molecule has 0 unspecified atom stereocenters. The van der Waals surface area contributed by atoms with Crippen molar-refractivity contribution in [2.45, 2.75) is 5.88 Å². The van der Waals surface area contributed by atoms with Gasteiger partial charge >= 0.3 is 0 Å². The van der Waals surface area contributed by atoms with Crippen LogP contribution < -0.4 is 0 Å². The Hall–Kier alpha value is -1.40. The van der Waals surface area contributed by atoms with E-state index in [1.165, 1.54) is 6.33 Å². The van der Waals surface area contributed by atoms with E-state index >= 15 is 0 Å². The zero-order valence-electron chi connectivity index (χ0n) is 7.54. The minimum Gasteiger partial charge on any atom is -0.291 e. The molecule has 0 N–H and O–H groups in total. The molecule has 0 saturated heterocycles. The lowest BCUT2D eigenvalue weighted by atomic mass is 10.5. The molecule has 0 aliphatic heterocycles. The number of imidazole rings is 1. The molecule has 3 rings (SSSR count). The lowest BCUT2D eigenvalue weighted by Gasteiger charge is -1.97. The second-order valence-electron chi connectivity index (χ2n) is 2.91. The average Bonchev–Trinajstić information content (AvgIpc) is 2.93. The summed E-state index contributed by atoms with van der Waals surface area (Å²) >= 11 is 7.48. The normalized spacial score (nSPS) is 11.3. The number of halogens is 1. The Morgan fingerprint density at radius 2 is 2.40 bits per heavy atom. The van der Waals surface area contributed by atoms with Crippen LogP contribution in [-0.2, 0) is 5.88 Å². The molecule has 7 heteroatoms. The predicted molar refractivity (Wildman–Crippen MR) is 57.5 cm³/mol. The number of hydrogen-bond acceptors (Lipinski definition) is 4. The van der Waals surface area contributed by atoms with Crippen LogP contribution in [0.25, 0.3) is 10.8 Å². The van der Waals surface area contributed by atoms with Crippen molar-refractivity contribution in [2.75, 3.05) is 0 Å². The summed E-state index contributed by atoms with van der Waals surface area (Å²) in [7, 11) is 0. The molecule has 0 bridgehead atoms. The van der Waals surface area contributed by atoms with Crippen molar-refractivity contribution in [3.63, 3.8) is 0 Å². The highest BCUT2D eigenvalue weighted by Crippen LogP contribution is 2.21. The minimum absolute atomic E-state index is 0.396. The largest absolute Gasteiger partial charge is 0.291 e. The standard InChI is InChI=1S/C8H6ClN5S/c9-3-6-7(14-5-10-4-11-14)12-8-13(6)1-2-15-8/h1-2,4-5H,3H2. The topological polar surface area (TPSA) is 48.0 Å². The van der Waals surface area contributed by atoms with E-state index in [4.69, 9.17) is 11.6 Å². The highest BCUT2D eigenvalue weighted by molar-refractivity contribution is 7.15. The third kappa shape index (κ3) is 1.25. The van der Waals surface area contributed by atoms with Gasteiger partial charge in [0.15, 0.2) is 10.8 Å². The summed E-state index contributed by atoms with van der Waals surface area (Å²) in [5.41, 5.74) is 0.929. The summed E-state index contributed by atoms with van der Waals surface area (Å²) in [6, 6.07) is 0. The third-order valence-corrected chi connectivity index (χ3v) is 3.11. The fourth-order valence-corrected chi connectivity index (χ4v) is 2.42. The van der Waals surface area contributed by atoms with Crippen LogP contribution in [0.5, 0.6) is 0 Å². The van der Waals surface area contributed by atoms with Gasteiger partial charge in [0.2, 0.25) is 0 Å². The molecule has 0 atom stereocenters. The Balaban J connectivity index is 2.30. The van der Waals surface area contributed by atoms with Crippen LogP contribution in [0.1, 0.15) is 5.69 Å². The summed E-state index contributed by atoms with van der Waals surface area (Å²) in [5, 5.41) is 6.02. The highest BCUT2D eigenvalue weighted by atomic mass is 35.5. The lowest BCUT2D eigenvalue weighted by Crippen LogP contribution is -1.99. The van der Waals surface area contributed by atoms with E-state index in [1.807, 2.05) is 16.0 Å². The second-order valence-corrected chi connectivity index (χ2v) is 4.05. The van der Waals surface area contributed by atoms with E-state index in [9.17, 15) is 0 Å². The molecule has 0 saturated carbocycles. The van der Waals surface area contributed by atoms with Gasteiger partial charge < -0.3 is 0 Å². The molecule has 3 heterocycles. The lowest BCUT2D eigenvalue weighted by molar-refractivity contribution is 0.841. The van der Waals surface area contributed by atoms with Crippen molar-refractivity contribution in [2.24, 2.45) is 0 Å². The van der Waals surface area contributed by atoms with Crippen molar-refractivity contribution in [1.29, 1.82) is 0 Å². The van der Waals surface area contributed by atoms with Crippen LogP contribution in [0.4, 0.5) is 0 Å². The Kier molecular flexibility index (Phi) is 1.96. The van der Waals surface area contributed by atoms with E-state index < -0.39 is 0 Å². The van der Waals surface area contributed by atoms with Crippen molar-refractivity contribution in [3.05, 3.63) is 29.9 Å². The average molecular weight is 240 g/mol. The van der Waals surface area contributed by atoms with E-state index in [0.717, 1.165) is 16.5 Å². The molecular weight excluding hydrogens is 234 g/mol. The smallest absolute Gasteiger partial charge is 0.196 e. The molecule has 15 heavy (non-hydrogen) atoms. The van der Waals surface area contributed by atoms with Crippen molar-refractivity contribution >= 4 is 27.9 Å². The monoisotopic (exact) mass is 239 g/mol. The van der Waals surface area contributed by atoms with Crippen molar-refractivity contribution in [1.82, 2.24) is 24.1 Å². The van der Waals surface area contributed by atoms with Crippen LogP contribution >= 0.6 is 22.9 Å². The van der Waals surface area contributed by atoms with E-state index in [0.29, 0.717) is 5.88 Å². The highest BCUT2D eigenvalue weighted by Gasteiger charge is 2.13. The Morgan fingerprint density at radius 3 is 3.13 bits per heavy atom. The summed E-state index contributed by atoms with van der Waals surface area (Å²) < 4.78 is 3.59. The van der Waals surface area contributed by atoms with Crippen LogP contribution in [0.3, 0.4) is 0 Å². The Labute approximate surface area is 94.0 Å². The van der Waals surface area contributed by atoms with E-state index in [2.05, 4.69) is 15.1 Å². The maximum atomic E-state index is 5.91. The summed E-state index contributed by atoms with van der Waals surface area (Å²) in [5.74, 6) is 1.14. The fourth-order valence-electron chi connectivity index (χ4n) is 1.45. The first kappa shape index (κ1) is 8.87. The second kappa shape index (κ2) is 3.32. The van der Waals surface area contributed by atoms with Gasteiger partial charge in [0.1, 0.15) is 12.7 Å². The number of alkyl halides is 1. The number of fused-ring (bicyclic) bond motifs is 1. The number of hydrogen-bond donors (Lipinski definition) is 0. The van der Waals surface area contributed by atoms with Gasteiger partial charge in [0, 0.05) is 11.6 Å². The summed E-state index contributed by atoms with van der Waals surface area (Å²) in [6.45, 7) is 0. The zero-order chi connectivity index (χ0) is 10.3. The first-order chi connectivity index (χ1) is 7.40. The van der Waals surface area contributed by atoms with Crippen LogP contribution in [0.15, 0.2) is 24.2 Å². The number of rotatable bonds is 2. The quantitative estimate of drug-likeness (QED) is 0.640. The molecule has 0 aliphatic carbocycles. The molecule has 0 fully saturated rings. The molecule has 0 aliphatic rings. The van der Waals surface area contributed by atoms with Gasteiger partial charge in [0.25, 0.3) is 0 Å². The molecule has 0 spiro atoms. The van der Waals surface area contributed by atoms with Crippen LogP contribution in [-0.4, -0.2) is 24.1 Å². The number of thiazole rings is 1. The molecule has 3 aromatic heterocycles. The van der Waals surface area contributed by atoms with E-state index in [1.54, 1.807) is 22.3 Å². The number of aromatic nitrogens is 5. The van der Waals surface area contributed by atoms with Gasteiger partial charge in [-0.05, 0) is 0 Å².